The molecule has 3 N–H and O–H groups in total. The Hall–Kier alpha value is -1.77. The molecule has 0 radical (unpaired) electrons. The van der Waals surface area contributed by atoms with E-state index in [1.54, 1.807) is 6.33 Å². The predicted molar refractivity (Wildman–Crippen MR) is 123 cm³/mol. The zero-order chi connectivity index (χ0) is 21.4. The summed E-state index contributed by atoms with van der Waals surface area (Å²) < 4.78 is 6.53. The standard InChI is InChI=1S/C23H33N5O2S/c1-14-15(8-9-24)2-7-18-20(14)21-22(26-13-27-23(21)31-18)30-17-5-3-16(4-6-17)28-11-10-25-19(29)12-28/h13-17H,2-12,24H2,1H3,(H,25,29). The van der Waals surface area contributed by atoms with Crippen molar-refractivity contribution in [3.8, 4) is 5.88 Å². The van der Waals surface area contributed by atoms with Gasteiger partial charge in [0.25, 0.3) is 0 Å². The van der Waals surface area contributed by atoms with Crippen molar-refractivity contribution in [2.45, 2.75) is 69.9 Å². The number of piperazine rings is 1. The van der Waals surface area contributed by atoms with Gasteiger partial charge in [-0.1, -0.05) is 6.92 Å². The first-order valence-corrected chi connectivity index (χ1v) is 12.6. The number of carbonyl (C=O) groups excluding carboxylic acids is 1. The number of hydrogen-bond acceptors (Lipinski definition) is 7. The molecular weight excluding hydrogens is 410 g/mol. The summed E-state index contributed by atoms with van der Waals surface area (Å²) >= 11 is 1.81. The number of nitrogens with two attached hydrogens (primary N) is 1. The van der Waals surface area contributed by atoms with E-state index in [9.17, 15) is 4.79 Å². The maximum Gasteiger partial charge on any atom is 0.234 e. The third kappa shape index (κ3) is 4.17. The van der Waals surface area contributed by atoms with Crippen LogP contribution >= 0.6 is 11.3 Å². The molecule has 2 aromatic heterocycles. The molecule has 2 atom stereocenters. The number of hydrogen-bond donors (Lipinski definition) is 2. The van der Waals surface area contributed by atoms with Crippen LogP contribution in [0.5, 0.6) is 5.88 Å². The summed E-state index contributed by atoms with van der Waals surface area (Å²) in [7, 11) is 0. The van der Waals surface area contributed by atoms with Crippen LogP contribution in [0.1, 0.15) is 61.8 Å². The van der Waals surface area contributed by atoms with Crippen molar-refractivity contribution in [3.05, 3.63) is 16.8 Å². The number of aryl methyl sites for hydroxylation is 1. The number of nitrogens with one attached hydrogen (secondary N) is 1. The lowest BCUT2D eigenvalue weighted by molar-refractivity contribution is -0.125. The molecule has 5 rings (SSSR count). The number of ether oxygens (including phenoxy) is 1. The zero-order valence-electron chi connectivity index (χ0n) is 18.3. The first kappa shape index (κ1) is 21.1. The van der Waals surface area contributed by atoms with Crippen LogP contribution in [0.15, 0.2) is 6.33 Å². The number of nitrogens with zero attached hydrogens (tertiary/aromatic N) is 3. The van der Waals surface area contributed by atoms with Gasteiger partial charge in [0.15, 0.2) is 0 Å². The molecule has 168 valence electrons. The van der Waals surface area contributed by atoms with Gasteiger partial charge in [-0.25, -0.2) is 9.97 Å². The van der Waals surface area contributed by atoms with Crippen molar-refractivity contribution >= 4 is 27.5 Å². The highest BCUT2D eigenvalue weighted by Gasteiger charge is 2.33. The predicted octanol–water partition coefficient (Wildman–Crippen LogP) is 2.83. The summed E-state index contributed by atoms with van der Waals surface area (Å²) in [5.41, 5.74) is 7.29. The monoisotopic (exact) mass is 443 g/mol. The molecule has 2 fully saturated rings. The fraction of sp³-hybridized carbons (Fsp3) is 0.696. The number of fused-ring (bicyclic) bond motifs is 3. The Balaban J connectivity index is 1.31. The van der Waals surface area contributed by atoms with Gasteiger partial charge in [-0.15, -0.1) is 11.3 Å². The second kappa shape index (κ2) is 9.00. The topological polar surface area (TPSA) is 93.4 Å². The van der Waals surface area contributed by atoms with Crippen LogP contribution in [0.25, 0.3) is 10.2 Å². The number of aromatic nitrogens is 2. The maximum atomic E-state index is 11.7. The summed E-state index contributed by atoms with van der Waals surface area (Å²) in [6.45, 7) is 5.33. The first-order chi connectivity index (χ1) is 15.1. The van der Waals surface area contributed by atoms with Gasteiger partial charge < -0.3 is 15.8 Å². The Morgan fingerprint density at radius 1 is 1.26 bits per heavy atom. The van der Waals surface area contributed by atoms with E-state index in [0.29, 0.717) is 24.4 Å². The van der Waals surface area contributed by atoms with Crippen molar-refractivity contribution in [2.24, 2.45) is 11.7 Å². The summed E-state index contributed by atoms with van der Waals surface area (Å²) in [6.07, 6.45) is 9.38. The minimum Gasteiger partial charge on any atom is -0.474 e. The Bertz CT molecular complexity index is 939. The van der Waals surface area contributed by atoms with Crippen LogP contribution < -0.4 is 15.8 Å². The van der Waals surface area contributed by atoms with Gasteiger partial charge in [-0.05, 0) is 68.9 Å². The molecule has 1 aliphatic heterocycles. The molecule has 0 spiro atoms. The molecule has 31 heavy (non-hydrogen) atoms. The summed E-state index contributed by atoms with van der Waals surface area (Å²) in [5.74, 6) is 2.01. The Labute approximate surface area is 187 Å². The average molecular weight is 444 g/mol. The average Bonchev–Trinajstić information content (AvgIpc) is 3.17. The number of amides is 1. The lowest BCUT2D eigenvalue weighted by Crippen LogP contribution is -2.52. The van der Waals surface area contributed by atoms with Crippen molar-refractivity contribution in [2.75, 3.05) is 26.2 Å². The minimum atomic E-state index is 0.150. The van der Waals surface area contributed by atoms with Gasteiger partial charge in [-0.2, -0.15) is 0 Å². The quantitative estimate of drug-likeness (QED) is 0.738. The van der Waals surface area contributed by atoms with Gasteiger partial charge in [0.05, 0.1) is 11.9 Å². The third-order valence-corrected chi connectivity index (χ3v) is 8.69. The van der Waals surface area contributed by atoms with E-state index in [4.69, 9.17) is 10.5 Å². The number of carbonyl (C=O) groups is 1. The third-order valence-electron chi connectivity index (χ3n) is 7.52. The SMILES string of the molecule is CC1c2c(sc3ncnc(OC4CCC(N5CCNC(=O)C5)CC4)c23)CCC1CCN. The first-order valence-electron chi connectivity index (χ1n) is 11.8. The van der Waals surface area contributed by atoms with E-state index >= 15 is 0 Å². The molecule has 1 saturated heterocycles. The molecule has 0 bridgehead atoms. The summed E-state index contributed by atoms with van der Waals surface area (Å²) in [5, 5.41) is 4.07. The van der Waals surface area contributed by atoms with Crippen molar-refractivity contribution in [1.82, 2.24) is 20.2 Å². The maximum absolute atomic E-state index is 11.7. The number of rotatable bonds is 5. The van der Waals surface area contributed by atoms with E-state index in [1.165, 1.54) is 16.9 Å². The van der Waals surface area contributed by atoms with Crippen LogP contribution in [-0.4, -0.2) is 59.1 Å². The molecule has 1 amide bonds. The Morgan fingerprint density at radius 3 is 2.87 bits per heavy atom. The fourth-order valence-corrected chi connectivity index (χ4v) is 7.05. The Kier molecular flexibility index (Phi) is 6.12. The molecule has 2 aliphatic carbocycles. The van der Waals surface area contributed by atoms with Crippen molar-refractivity contribution in [1.29, 1.82) is 0 Å². The van der Waals surface area contributed by atoms with Crippen LogP contribution in [0.4, 0.5) is 0 Å². The smallest absolute Gasteiger partial charge is 0.234 e. The molecular formula is C23H33N5O2S. The molecule has 3 heterocycles. The normalized spacial score (nSPS) is 29.5. The fourth-order valence-electron chi connectivity index (χ4n) is 5.80. The van der Waals surface area contributed by atoms with Crippen LogP contribution in [0.2, 0.25) is 0 Å². The van der Waals surface area contributed by atoms with Crippen molar-refractivity contribution in [3.63, 3.8) is 0 Å². The molecule has 0 aromatic carbocycles. The molecule has 2 aromatic rings. The van der Waals surface area contributed by atoms with Crippen molar-refractivity contribution < 1.29 is 9.53 Å². The van der Waals surface area contributed by atoms with E-state index < -0.39 is 0 Å². The molecule has 2 unspecified atom stereocenters. The summed E-state index contributed by atoms with van der Waals surface area (Å²) in [6, 6.07) is 0.488. The van der Waals surface area contributed by atoms with Gasteiger partial charge in [0.2, 0.25) is 11.8 Å². The van der Waals surface area contributed by atoms with Gasteiger partial charge in [0.1, 0.15) is 17.3 Å². The second-order valence-electron chi connectivity index (χ2n) is 9.33. The van der Waals surface area contributed by atoms with E-state index in [0.717, 1.165) is 74.3 Å². The molecule has 8 heteroatoms. The van der Waals surface area contributed by atoms with Gasteiger partial charge >= 0.3 is 0 Å². The lowest BCUT2D eigenvalue weighted by Gasteiger charge is -2.38. The minimum absolute atomic E-state index is 0.150. The highest BCUT2D eigenvalue weighted by atomic mass is 32.1. The van der Waals surface area contributed by atoms with E-state index in [1.807, 2.05) is 11.3 Å². The van der Waals surface area contributed by atoms with Crippen LogP contribution in [0, 0.1) is 5.92 Å². The van der Waals surface area contributed by atoms with E-state index in [-0.39, 0.29) is 12.0 Å². The van der Waals surface area contributed by atoms with Gasteiger partial charge in [-0.3, -0.25) is 9.69 Å². The highest BCUT2D eigenvalue weighted by Crippen LogP contribution is 2.47. The van der Waals surface area contributed by atoms with Gasteiger partial charge in [0, 0.05) is 24.0 Å². The number of thiophene rings is 1. The highest BCUT2D eigenvalue weighted by molar-refractivity contribution is 7.18. The second-order valence-corrected chi connectivity index (χ2v) is 10.4. The molecule has 3 aliphatic rings. The Morgan fingerprint density at radius 2 is 2.10 bits per heavy atom. The molecule has 1 saturated carbocycles. The van der Waals surface area contributed by atoms with E-state index in [2.05, 4.69) is 27.1 Å². The summed E-state index contributed by atoms with van der Waals surface area (Å²) in [4.78, 5) is 25.8. The zero-order valence-corrected chi connectivity index (χ0v) is 19.1. The largest absolute Gasteiger partial charge is 0.474 e. The lowest BCUT2D eigenvalue weighted by atomic mass is 9.77. The molecule has 7 nitrogen and oxygen atoms in total. The van der Waals surface area contributed by atoms with Crippen LogP contribution in [0.3, 0.4) is 0 Å². The van der Waals surface area contributed by atoms with Crippen LogP contribution in [-0.2, 0) is 11.2 Å².